The molecule has 0 saturated carbocycles. The first-order valence-electron chi connectivity index (χ1n) is 9.04. The minimum Gasteiger partial charge on any atom is -0.451 e. The minimum absolute atomic E-state index is 0.126. The van der Waals surface area contributed by atoms with Crippen LogP contribution in [0, 0.1) is 6.92 Å². The van der Waals surface area contributed by atoms with E-state index in [4.69, 9.17) is 20.8 Å². The molecule has 2 heterocycles. The van der Waals surface area contributed by atoms with Gasteiger partial charge in [0.15, 0.2) is 5.76 Å². The Morgan fingerprint density at radius 1 is 1.14 bits per heavy atom. The summed E-state index contributed by atoms with van der Waals surface area (Å²) in [5.74, 6) is -0.306. The number of amides is 1. The van der Waals surface area contributed by atoms with E-state index in [9.17, 15) is 13.2 Å². The Hall–Kier alpha value is -2.39. The third kappa shape index (κ3) is 3.89. The van der Waals surface area contributed by atoms with Gasteiger partial charge in [-0.1, -0.05) is 17.7 Å². The van der Waals surface area contributed by atoms with Gasteiger partial charge >= 0.3 is 0 Å². The zero-order valence-corrected chi connectivity index (χ0v) is 17.2. The van der Waals surface area contributed by atoms with Gasteiger partial charge in [0.1, 0.15) is 5.58 Å². The number of furan rings is 1. The number of carbonyl (C=O) groups excluding carboxylic acids is 1. The van der Waals surface area contributed by atoms with Crippen LogP contribution in [-0.2, 0) is 14.8 Å². The van der Waals surface area contributed by atoms with Crippen LogP contribution in [0.1, 0.15) is 16.1 Å². The number of hydrogen-bond donors (Lipinski definition) is 1. The first-order valence-corrected chi connectivity index (χ1v) is 10.9. The molecule has 1 amide bonds. The molecule has 3 aromatic rings. The van der Waals surface area contributed by atoms with Crippen LogP contribution in [0.2, 0.25) is 5.02 Å². The van der Waals surface area contributed by atoms with Crippen LogP contribution in [0.4, 0.5) is 5.69 Å². The molecule has 152 valence electrons. The van der Waals surface area contributed by atoms with Gasteiger partial charge in [-0.15, -0.1) is 0 Å². The number of morpholine rings is 1. The highest BCUT2D eigenvalue weighted by atomic mass is 35.5. The van der Waals surface area contributed by atoms with Crippen LogP contribution in [0.25, 0.3) is 11.0 Å². The standard InChI is InChI=1S/C20H19ClN2O5S/c1-13-17-12-16(29(25,26)23-7-9-27-10-8-23)5-6-18(17)28-19(13)20(24)22-15-4-2-3-14(21)11-15/h2-6,11-12H,7-10H2,1H3,(H,22,24). The molecule has 1 aromatic heterocycles. The molecule has 7 nitrogen and oxygen atoms in total. The first-order chi connectivity index (χ1) is 13.9. The topological polar surface area (TPSA) is 88.8 Å². The molecule has 0 radical (unpaired) electrons. The number of anilines is 1. The van der Waals surface area contributed by atoms with Crippen LogP contribution in [0.3, 0.4) is 0 Å². The summed E-state index contributed by atoms with van der Waals surface area (Å²) in [6.45, 7) is 3.11. The Bertz CT molecular complexity index is 1180. The molecule has 1 aliphatic rings. The number of benzene rings is 2. The molecule has 0 spiro atoms. The van der Waals surface area contributed by atoms with Crippen LogP contribution in [0.15, 0.2) is 51.8 Å². The third-order valence-corrected chi connectivity index (χ3v) is 6.93. The second-order valence-corrected chi connectivity index (χ2v) is 9.07. The lowest BCUT2D eigenvalue weighted by Gasteiger charge is -2.26. The molecule has 1 N–H and O–H groups in total. The molecule has 0 unspecified atom stereocenters. The number of rotatable bonds is 4. The summed E-state index contributed by atoms with van der Waals surface area (Å²) in [6.07, 6.45) is 0. The van der Waals surface area contributed by atoms with Crippen molar-refractivity contribution in [3.8, 4) is 0 Å². The van der Waals surface area contributed by atoms with Crippen molar-refractivity contribution in [1.82, 2.24) is 4.31 Å². The van der Waals surface area contributed by atoms with Crippen molar-refractivity contribution in [2.24, 2.45) is 0 Å². The lowest BCUT2D eigenvalue weighted by Crippen LogP contribution is -2.40. The second-order valence-electron chi connectivity index (χ2n) is 6.70. The van der Waals surface area contributed by atoms with E-state index < -0.39 is 15.9 Å². The zero-order chi connectivity index (χ0) is 20.6. The number of nitrogens with zero attached hydrogens (tertiary/aromatic N) is 1. The van der Waals surface area contributed by atoms with E-state index in [1.807, 2.05) is 0 Å². The summed E-state index contributed by atoms with van der Waals surface area (Å²) < 4.78 is 38.1. The quantitative estimate of drug-likeness (QED) is 0.676. The minimum atomic E-state index is -3.64. The number of ether oxygens (including phenoxy) is 1. The van der Waals surface area contributed by atoms with Gasteiger partial charge in [-0.3, -0.25) is 4.79 Å². The van der Waals surface area contributed by atoms with E-state index in [1.165, 1.54) is 10.4 Å². The Morgan fingerprint density at radius 2 is 1.90 bits per heavy atom. The fraction of sp³-hybridized carbons (Fsp3) is 0.250. The highest BCUT2D eigenvalue weighted by molar-refractivity contribution is 7.89. The maximum atomic E-state index is 12.9. The van der Waals surface area contributed by atoms with Crippen LogP contribution < -0.4 is 5.32 Å². The highest BCUT2D eigenvalue weighted by Crippen LogP contribution is 2.30. The van der Waals surface area contributed by atoms with Gasteiger partial charge in [0.2, 0.25) is 10.0 Å². The molecule has 9 heteroatoms. The largest absolute Gasteiger partial charge is 0.451 e. The smallest absolute Gasteiger partial charge is 0.291 e. The lowest BCUT2D eigenvalue weighted by atomic mass is 10.1. The number of sulfonamides is 1. The molecule has 0 aliphatic carbocycles. The van der Waals surface area contributed by atoms with Gasteiger partial charge in [0.25, 0.3) is 5.91 Å². The van der Waals surface area contributed by atoms with E-state index in [-0.39, 0.29) is 10.7 Å². The number of hydrogen-bond acceptors (Lipinski definition) is 5. The van der Waals surface area contributed by atoms with Crippen LogP contribution in [-0.4, -0.2) is 44.9 Å². The van der Waals surface area contributed by atoms with E-state index in [0.717, 1.165) is 0 Å². The van der Waals surface area contributed by atoms with Crippen LogP contribution in [0.5, 0.6) is 0 Å². The second kappa shape index (κ2) is 7.79. The molecular formula is C20H19ClN2O5S. The summed E-state index contributed by atoms with van der Waals surface area (Å²) in [4.78, 5) is 12.8. The van der Waals surface area contributed by atoms with Gasteiger partial charge < -0.3 is 14.5 Å². The Morgan fingerprint density at radius 3 is 2.62 bits per heavy atom. The Balaban J connectivity index is 1.66. The Labute approximate surface area is 173 Å². The predicted molar refractivity (Wildman–Crippen MR) is 110 cm³/mol. The van der Waals surface area contributed by atoms with E-state index in [0.29, 0.717) is 53.5 Å². The molecule has 1 saturated heterocycles. The van der Waals surface area contributed by atoms with Gasteiger partial charge in [-0.05, 0) is 43.3 Å². The normalized spacial score (nSPS) is 15.5. The van der Waals surface area contributed by atoms with E-state index in [1.54, 1.807) is 43.3 Å². The van der Waals surface area contributed by atoms with Crippen molar-refractivity contribution in [2.75, 3.05) is 31.6 Å². The van der Waals surface area contributed by atoms with Crippen molar-refractivity contribution >= 4 is 44.2 Å². The fourth-order valence-corrected chi connectivity index (χ4v) is 4.89. The third-order valence-electron chi connectivity index (χ3n) is 4.80. The first kappa shape index (κ1) is 19.9. The number of fused-ring (bicyclic) bond motifs is 1. The predicted octanol–water partition coefficient (Wildman–Crippen LogP) is 3.67. The monoisotopic (exact) mass is 434 g/mol. The van der Waals surface area contributed by atoms with Gasteiger partial charge in [0.05, 0.1) is 18.1 Å². The molecular weight excluding hydrogens is 416 g/mol. The average Bonchev–Trinajstić information content (AvgIpc) is 3.05. The summed E-state index contributed by atoms with van der Waals surface area (Å²) in [5, 5.41) is 3.82. The number of nitrogens with one attached hydrogen (secondary N) is 1. The zero-order valence-electron chi connectivity index (χ0n) is 15.6. The van der Waals surface area contributed by atoms with E-state index in [2.05, 4.69) is 5.32 Å². The summed E-state index contributed by atoms with van der Waals surface area (Å²) in [5.41, 5.74) is 1.55. The summed E-state index contributed by atoms with van der Waals surface area (Å²) >= 11 is 5.95. The number of carbonyl (C=O) groups is 1. The van der Waals surface area contributed by atoms with Gasteiger partial charge in [-0.25, -0.2) is 8.42 Å². The summed E-state index contributed by atoms with van der Waals surface area (Å²) in [7, 11) is -3.64. The van der Waals surface area contributed by atoms with Crippen molar-refractivity contribution in [3.63, 3.8) is 0 Å². The number of aryl methyl sites for hydroxylation is 1. The van der Waals surface area contributed by atoms with Crippen LogP contribution >= 0.6 is 11.6 Å². The Kier molecular flexibility index (Phi) is 5.35. The molecule has 2 aromatic carbocycles. The molecule has 1 aliphatic heterocycles. The number of halogens is 1. The SMILES string of the molecule is Cc1c(C(=O)Nc2cccc(Cl)c2)oc2ccc(S(=O)(=O)N3CCOCC3)cc12. The lowest BCUT2D eigenvalue weighted by molar-refractivity contribution is 0.0730. The maximum absolute atomic E-state index is 12.9. The van der Waals surface area contributed by atoms with Crippen molar-refractivity contribution in [1.29, 1.82) is 0 Å². The van der Waals surface area contributed by atoms with Crippen molar-refractivity contribution < 1.29 is 22.4 Å². The molecule has 4 rings (SSSR count). The fourth-order valence-electron chi connectivity index (χ4n) is 3.27. The molecule has 0 atom stereocenters. The summed E-state index contributed by atoms with van der Waals surface area (Å²) in [6, 6.07) is 11.4. The highest BCUT2D eigenvalue weighted by Gasteiger charge is 2.27. The van der Waals surface area contributed by atoms with Gasteiger partial charge in [0, 0.05) is 34.7 Å². The van der Waals surface area contributed by atoms with Crippen molar-refractivity contribution in [2.45, 2.75) is 11.8 Å². The van der Waals surface area contributed by atoms with E-state index >= 15 is 0 Å². The molecule has 0 bridgehead atoms. The molecule has 29 heavy (non-hydrogen) atoms. The van der Waals surface area contributed by atoms with Gasteiger partial charge in [-0.2, -0.15) is 4.31 Å². The maximum Gasteiger partial charge on any atom is 0.291 e. The molecule has 1 fully saturated rings. The average molecular weight is 435 g/mol. The van der Waals surface area contributed by atoms with Crippen molar-refractivity contribution in [3.05, 3.63) is 58.8 Å².